The smallest absolute Gasteiger partial charge is 0.226 e. The predicted octanol–water partition coefficient (Wildman–Crippen LogP) is 1.82. The summed E-state index contributed by atoms with van der Waals surface area (Å²) in [5, 5.41) is 6.64. The second kappa shape index (κ2) is 6.60. The fraction of sp³-hybridized carbons (Fsp3) is 0.438. The molecule has 22 heavy (non-hydrogen) atoms. The zero-order valence-electron chi connectivity index (χ0n) is 12.5. The van der Waals surface area contributed by atoms with E-state index in [4.69, 9.17) is 9.26 Å². The highest BCUT2D eigenvalue weighted by Gasteiger charge is 2.22. The largest absolute Gasteiger partial charge is 0.488 e. The number of ether oxygens (including phenoxy) is 1. The number of nitrogens with one attached hydrogen (secondary N) is 1. The summed E-state index contributed by atoms with van der Waals surface area (Å²) in [4.78, 5) is 15.9. The minimum absolute atomic E-state index is 0.0239. The third-order valence-electron chi connectivity index (χ3n) is 3.60. The molecule has 2 heterocycles. The lowest BCUT2D eigenvalue weighted by Crippen LogP contribution is -2.34. The number of carbonyl (C=O) groups excluding carboxylic acids is 1. The minimum atomic E-state index is 0.0239. The van der Waals surface area contributed by atoms with Crippen LogP contribution in [0.5, 0.6) is 5.75 Å². The molecule has 1 amide bonds. The Labute approximate surface area is 128 Å². The van der Waals surface area contributed by atoms with Gasteiger partial charge in [0.05, 0.1) is 6.54 Å². The molecular formula is C16H19N3O3. The number of para-hydroxylation sites is 1. The van der Waals surface area contributed by atoms with E-state index >= 15 is 0 Å². The number of aromatic nitrogens is 2. The van der Waals surface area contributed by atoms with Gasteiger partial charge in [-0.3, -0.25) is 4.79 Å². The molecule has 0 saturated carbocycles. The van der Waals surface area contributed by atoms with Crippen LogP contribution in [0.25, 0.3) is 0 Å². The normalized spacial score (nSPS) is 16.1. The molecule has 2 aromatic rings. The summed E-state index contributed by atoms with van der Waals surface area (Å²) in [6.07, 6.45) is 2.64. The van der Waals surface area contributed by atoms with E-state index in [-0.39, 0.29) is 12.0 Å². The number of amides is 1. The SMILES string of the molecule is Cc1noc(CCCC(=O)NC[C@H]2Cc3ccccc3O2)n1. The van der Waals surface area contributed by atoms with Crippen molar-refractivity contribution >= 4 is 5.91 Å². The quantitative estimate of drug-likeness (QED) is 0.880. The van der Waals surface area contributed by atoms with Crippen molar-refractivity contribution in [1.82, 2.24) is 15.5 Å². The van der Waals surface area contributed by atoms with E-state index in [0.717, 1.165) is 12.2 Å². The van der Waals surface area contributed by atoms with Crippen molar-refractivity contribution in [3.8, 4) is 5.75 Å². The van der Waals surface area contributed by atoms with Gasteiger partial charge in [0, 0.05) is 19.3 Å². The lowest BCUT2D eigenvalue weighted by molar-refractivity contribution is -0.121. The van der Waals surface area contributed by atoms with Crippen molar-refractivity contribution in [3.05, 3.63) is 41.5 Å². The number of nitrogens with zero attached hydrogens (tertiary/aromatic N) is 2. The maximum atomic E-state index is 11.8. The van der Waals surface area contributed by atoms with Gasteiger partial charge in [0.25, 0.3) is 0 Å². The number of aryl methyl sites for hydroxylation is 2. The highest BCUT2D eigenvalue weighted by atomic mass is 16.5. The molecule has 0 unspecified atom stereocenters. The maximum Gasteiger partial charge on any atom is 0.226 e. The molecule has 1 N–H and O–H groups in total. The van der Waals surface area contributed by atoms with Gasteiger partial charge < -0.3 is 14.6 Å². The number of rotatable bonds is 6. The Morgan fingerprint density at radius 2 is 2.27 bits per heavy atom. The molecule has 0 fully saturated rings. The molecule has 6 nitrogen and oxygen atoms in total. The summed E-state index contributed by atoms with van der Waals surface area (Å²) in [5.74, 6) is 2.15. The van der Waals surface area contributed by atoms with E-state index in [1.54, 1.807) is 6.92 Å². The average Bonchev–Trinajstić information content (AvgIpc) is 3.11. The summed E-state index contributed by atoms with van der Waals surface area (Å²) < 4.78 is 10.8. The van der Waals surface area contributed by atoms with Gasteiger partial charge in [0.2, 0.25) is 11.8 Å². The maximum absolute atomic E-state index is 11.8. The topological polar surface area (TPSA) is 77.2 Å². The third kappa shape index (κ3) is 3.63. The van der Waals surface area contributed by atoms with Gasteiger partial charge in [-0.2, -0.15) is 4.98 Å². The first-order chi connectivity index (χ1) is 10.7. The zero-order valence-corrected chi connectivity index (χ0v) is 12.5. The number of carbonyl (C=O) groups is 1. The summed E-state index contributed by atoms with van der Waals surface area (Å²) in [6, 6.07) is 7.98. The Kier molecular flexibility index (Phi) is 4.37. The Morgan fingerprint density at radius 3 is 3.05 bits per heavy atom. The van der Waals surface area contributed by atoms with Gasteiger partial charge in [-0.25, -0.2) is 0 Å². The highest BCUT2D eigenvalue weighted by molar-refractivity contribution is 5.75. The lowest BCUT2D eigenvalue weighted by Gasteiger charge is -2.11. The fourth-order valence-electron chi connectivity index (χ4n) is 2.53. The Balaban J connectivity index is 1.35. The standard InChI is InChI=1S/C16H19N3O3/c1-11-18-16(22-19-11)8-4-7-15(20)17-10-13-9-12-5-2-3-6-14(12)21-13/h2-3,5-6,13H,4,7-10H2,1H3,(H,17,20)/t13-/m1/s1. The molecule has 6 heteroatoms. The summed E-state index contributed by atoms with van der Waals surface area (Å²) in [7, 11) is 0. The van der Waals surface area contributed by atoms with Gasteiger partial charge >= 0.3 is 0 Å². The second-order valence-corrected chi connectivity index (χ2v) is 5.44. The van der Waals surface area contributed by atoms with Crippen LogP contribution in [0.3, 0.4) is 0 Å². The van der Waals surface area contributed by atoms with Crippen molar-refractivity contribution in [2.75, 3.05) is 6.54 Å². The summed E-state index contributed by atoms with van der Waals surface area (Å²) in [5.41, 5.74) is 1.20. The van der Waals surface area contributed by atoms with Gasteiger partial charge in [-0.15, -0.1) is 0 Å². The van der Waals surface area contributed by atoms with E-state index in [1.807, 2.05) is 18.2 Å². The molecule has 1 aliphatic rings. The predicted molar refractivity (Wildman–Crippen MR) is 79.5 cm³/mol. The van der Waals surface area contributed by atoms with E-state index in [1.165, 1.54) is 5.56 Å². The number of fused-ring (bicyclic) bond motifs is 1. The van der Waals surface area contributed by atoms with Crippen LogP contribution < -0.4 is 10.1 Å². The third-order valence-corrected chi connectivity index (χ3v) is 3.60. The minimum Gasteiger partial charge on any atom is -0.488 e. The van der Waals surface area contributed by atoms with Crippen molar-refractivity contribution in [2.24, 2.45) is 0 Å². The van der Waals surface area contributed by atoms with Crippen LogP contribution in [0.2, 0.25) is 0 Å². The average molecular weight is 301 g/mol. The summed E-state index contributed by atoms with van der Waals surface area (Å²) in [6.45, 7) is 2.31. The molecule has 1 atom stereocenters. The Bertz CT molecular complexity index is 629. The number of hydrogen-bond donors (Lipinski definition) is 1. The van der Waals surface area contributed by atoms with Crippen LogP contribution in [0.4, 0.5) is 0 Å². The van der Waals surface area contributed by atoms with E-state index in [2.05, 4.69) is 21.5 Å². The molecular weight excluding hydrogens is 282 g/mol. The van der Waals surface area contributed by atoms with E-state index < -0.39 is 0 Å². The molecule has 1 aliphatic heterocycles. The van der Waals surface area contributed by atoms with Gasteiger partial charge in [-0.05, 0) is 25.0 Å². The van der Waals surface area contributed by atoms with Crippen LogP contribution in [0.1, 0.15) is 30.1 Å². The van der Waals surface area contributed by atoms with Crippen molar-refractivity contribution in [1.29, 1.82) is 0 Å². The molecule has 116 valence electrons. The van der Waals surface area contributed by atoms with Gasteiger partial charge in [0.1, 0.15) is 11.9 Å². The molecule has 1 aromatic heterocycles. The van der Waals surface area contributed by atoms with Gasteiger partial charge in [-0.1, -0.05) is 23.4 Å². The molecule has 0 spiro atoms. The van der Waals surface area contributed by atoms with Crippen molar-refractivity contribution in [3.63, 3.8) is 0 Å². The van der Waals surface area contributed by atoms with E-state index in [0.29, 0.717) is 37.5 Å². The second-order valence-electron chi connectivity index (χ2n) is 5.44. The molecule has 0 bridgehead atoms. The first kappa shape index (κ1) is 14.6. The van der Waals surface area contributed by atoms with Crippen LogP contribution >= 0.6 is 0 Å². The van der Waals surface area contributed by atoms with Gasteiger partial charge in [0.15, 0.2) is 5.82 Å². The monoisotopic (exact) mass is 301 g/mol. The highest BCUT2D eigenvalue weighted by Crippen LogP contribution is 2.27. The zero-order chi connectivity index (χ0) is 15.4. The molecule has 0 aliphatic carbocycles. The van der Waals surface area contributed by atoms with E-state index in [9.17, 15) is 4.79 Å². The molecule has 1 aromatic carbocycles. The number of hydrogen-bond acceptors (Lipinski definition) is 5. The Hall–Kier alpha value is -2.37. The van der Waals surface area contributed by atoms with Crippen LogP contribution in [0, 0.1) is 6.92 Å². The lowest BCUT2D eigenvalue weighted by atomic mass is 10.1. The molecule has 0 saturated heterocycles. The van der Waals surface area contributed by atoms with Crippen molar-refractivity contribution < 1.29 is 14.1 Å². The Morgan fingerprint density at radius 1 is 1.41 bits per heavy atom. The molecule has 3 rings (SSSR count). The van der Waals surface area contributed by atoms with Crippen LogP contribution in [-0.4, -0.2) is 28.7 Å². The van der Waals surface area contributed by atoms with Crippen molar-refractivity contribution in [2.45, 2.75) is 38.7 Å². The fourth-order valence-corrected chi connectivity index (χ4v) is 2.53. The molecule has 0 radical (unpaired) electrons. The number of benzene rings is 1. The van der Waals surface area contributed by atoms with Crippen LogP contribution in [0.15, 0.2) is 28.8 Å². The first-order valence-electron chi connectivity index (χ1n) is 7.51. The summed E-state index contributed by atoms with van der Waals surface area (Å²) >= 11 is 0. The first-order valence-corrected chi connectivity index (χ1v) is 7.51. The van der Waals surface area contributed by atoms with Crippen LogP contribution in [-0.2, 0) is 17.6 Å².